The molecule has 2 amide bonds. The average Bonchev–Trinajstić information content (AvgIpc) is 2.48. The van der Waals surface area contributed by atoms with Crippen molar-refractivity contribution in [3.8, 4) is 0 Å². The highest BCUT2D eigenvalue weighted by atomic mass is 16.4. The van der Waals surface area contributed by atoms with E-state index < -0.39 is 5.97 Å². The molecule has 3 N–H and O–H groups in total. The Morgan fingerprint density at radius 2 is 1.90 bits per heavy atom. The Kier molecular flexibility index (Phi) is 5.16. The van der Waals surface area contributed by atoms with Crippen LogP contribution in [0.25, 0.3) is 0 Å². The number of hydrogen-bond donors (Lipinski definition) is 3. The van der Waals surface area contributed by atoms with E-state index in [1.165, 1.54) is 0 Å². The molecule has 21 heavy (non-hydrogen) atoms. The van der Waals surface area contributed by atoms with Crippen LogP contribution in [0.15, 0.2) is 24.3 Å². The van der Waals surface area contributed by atoms with Gasteiger partial charge < -0.3 is 20.4 Å². The average molecular weight is 292 g/mol. The number of rotatable bonds is 4. The van der Waals surface area contributed by atoms with Gasteiger partial charge in [0.1, 0.15) is 0 Å². The SMILES string of the molecule is O=C(O)c1ccccc1CCNC(=O)N1CCC(O)CC1. The van der Waals surface area contributed by atoms with Crippen LogP contribution in [0.3, 0.4) is 0 Å². The normalized spacial score (nSPS) is 15.8. The summed E-state index contributed by atoms with van der Waals surface area (Å²) in [4.78, 5) is 24.7. The van der Waals surface area contributed by atoms with Gasteiger partial charge in [0.05, 0.1) is 11.7 Å². The van der Waals surface area contributed by atoms with Crippen LogP contribution in [0, 0.1) is 0 Å². The van der Waals surface area contributed by atoms with Crippen LogP contribution in [0.5, 0.6) is 0 Å². The molecular weight excluding hydrogens is 272 g/mol. The van der Waals surface area contributed by atoms with E-state index in [-0.39, 0.29) is 17.7 Å². The van der Waals surface area contributed by atoms with Crippen molar-refractivity contribution in [3.63, 3.8) is 0 Å². The van der Waals surface area contributed by atoms with E-state index in [4.69, 9.17) is 5.11 Å². The van der Waals surface area contributed by atoms with Gasteiger partial charge in [0.2, 0.25) is 0 Å². The Morgan fingerprint density at radius 3 is 2.57 bits per heavy atom. The van der Waals surface area contributed by atoms with Gasteiger partial charge in [0.25, 0.3) is 0 Å². The van der Waals surface area contributed by atoms with E-state index in [1.54, 1.807) is 29.2 Å². The minimum atomic E-state index is -0.957. The molecule has 1 fully saturated rings. The number of carbonyl (C=O) groups excluding carboxylic acids is 1. The Bertz CT molecular complexity index is 510. The number of aliphatic hydroxyl groups excluding tert-OH is 1. The molecule has 6 nitrogen and oxygen atoms in total. The number of carboxylic acid groups (broad SMARTS) is 1. The molecule has 0 aromatic heterocycles. The van der Waals surface area contributed by atoms with E-state index in [9.17, 15) is 14.7 Å². The summed E-state index contributed by atoms with van der Waals surface area (Å²) >= 11 is 0. The number of nitrogens with zero attached hydrogens (tertiary/aromatic N) is 1. The number of carbonyl (C=O) groups is 2. The lowest BCUT2D eigenvalue weighted by atomic mass is 10.0. The minimum absolute atomic E-state index is 0.158. The Morgan fingerprint density at radius 1 is 1.24 bits per heavy atom. The fourth-order valence-corrected chi connectivity index (χ4v) is 2.43. The van der Waals surface area contributed by atoms with Gasteiger partial charge in [0, 0.05) is 19.6 Å². The van der Waals surface area contributed by atoms with Gasteiger partial charge in [0.15, 0.2) is 0 Å². The predicted octanol–water partition coefficient (Wildman–Crippen LogP) is 1.09. The molecule has 0 unspecified atom stereocenters. The molecule has 0 aliphatic carbocycles. The van der Waals surface area contributed by atoms with E-state index in [1.807, 2.05) is 0 Å². The molecule has 2 rings (SSSR count). The smallest absolute Gasteiger partial charge is 0.335 e. The lowest BCUT2D eigenvalue weighted by molar-refractivity contribution is 0.0695. The van der Waals surface area contributed by atoms with Crippen molar-refractivity contribution in [1.82, 2.24) is 10.2 Å². The summed E-state index contributed by atoms with van der Waals surface area (Å²) in [5.41, 5.74) is 0.979. The van der Waals surface area contributed by atoms with Gasteiger partial charge in [-0.2, -0.15) is 0 Å². The van der Waals surface area contributed by atoms with Crippen molar-refractivity contribution < 1.29 is 19.8 Å². The highest BCUT2D eigenvalue weighted by Crippen LogP contribution is 2.11. The molecule has 0 saturated carbocycles. The molecule has 0 atom stereocenters. The summed E-state index contributed by atoms with van der Waals surface area (Å²) in [6.07, 6.45) is 1.38. The molecule has 6 heteroatoms. The number of carboxylic acids is 1. The van der Waals surface area contributed by atoms with E-state index in [2.05, 4.69) is 5.32 Å². The maximum Gasteiger partial charge on any atom is 0.335 e. The topological polar surface area (TPSA) is 89.9 Å². The molecule has 1 saturated heterocycles. The molecule has 0 spiro atoms. The number of likely N-dealkylation sites (tertiary alicyclic amines) is 1. The summed E-state index contributed by atoms with van der Waals surface area (Å²) < 4.78 is 0. The van der Waals surface area contributed by atoms with E-state index >= 15 is 0 Å². The Hall–Kier alpha value is -2.08. The summed E-state index contributed by atoms with van der Waals surface area (Å²) in [6, 6.07) is 6.63. The maximum atomic E-state index is 11.9. The largest absolute Gasteiger partial charge is 0.478 e. The summed E-state index contributed by atoms with van der Waals surface area (Å²) in [7, 11) is 0. The van der Waals surface area contributed by atoms with Crippen LogP contribution >= 0.6 is 0 Å². The molecule has 1 aliphatic heterocycles. The first-order valence-corrected chi connectivity index (χ1v) is 7.10. The number of nitrogens with one attached hydrogen (secondary N) is 1. The van der Waals surface area contributed by atoms with E-state index in [0.717, 1.165) is 0 Å². The number of hydrogen-bond acceptors (Lipinski definition) is 3. The van der Waals surface area contributed by atoms with Crippen molar-refractivity contribution in [2.24, 2.45) is 0 Å². The molecule has 1 aromatic carbocycles. The minimum Gasteiger partial charge on any atom is -0.478 e. The Labute approximate surface area is 123 Å². The fraction of sp³-hybridized carbons (Fsp3) is 0.467. The van der Waals surface area contributed by atoms with E-state index in [0.29, 0.717) is 44.5 Å². The van der Waals surface area contributed by atoms with Crippen LogP contribution in [0.4, 0.5) is 4.79 Å². The second-order valence-corrected chi connectivity index (χ2v) is 5.16. The van der Waals surface area contributed by atoms with Gasteiger partial charge in [-0.1, -0.05) is 18.2 Å². The van der Waals surface area contributed by atoms with Crippen molar-refractivity contribution >= 4 is 12.0 Å². The van der Waals surface area contributed by atoms with Crippen LogP contribution in [-0.2, 0) is 6.42 Å². The third kappa shape index (κ3) is 4.19. The number of amides is 2. The van der Waals surface area contributed by atoms with Gasteiger partial charge in [-0.05, 0) is 30.9 Å². The fourth-order valence-electron chi connectivity index (χ4n) is 2.43. The number of aromatic carboxylic acids is 1. The van der Waals surface area contributed by atoms with Crippen LogP contribution in [0.1, 0.15) is 28.8 Å². The first-order valence-electron chi connectivity index (χ1n) is 7.10. The third-order valence-electron chi connectivity index (χ3n) is 3.67. The molecule has 1 aliphatic rings. The van der Waals surface area contributed by atoms with Gasteiger partial charge >= 0.3 is 12.0 Å². The van der Waals surface area contributed by atoms with Crippen LogP contribution in [-0.4, -0.2) is 52.9 Å². The highest BCUT2D eigenvalue weighted by Gasteiger charge is 2.20. The molecule has 0 radical (unpaired) electrons. The molecule has 1 heterocycles. The zero-order chi connectivity index (χ0) is 15.2. The zero-order valence-corrected chi connectivity index (χ0v) is 11.8. The molecule has 0 bridgehead atoms. The summed E-state index contributed by atoms with van der Waals surface area (Å²) in [6.45, 7) is 1.50. The van der Waals surface area contributed by atoms with Crippen molar-refractivity contribution in [2.45, 2.75) is 25.4 Å². The number of piperidine rings is 1. The van der Waals surface area contributed by atoms with Crippen LogP contribution < -0.4 is 5.32 Å². The monoisotopic (exact) mass is 292 g/mol. The van der Waals surface area contributed by atoms with Gasteiger partial charge in [-0.15, -0.1) is 0 Å². The molecule has 1 aromatic rings. The summed E-state index contributed by atoms with van der Waals surface area (Å²) in [5, 5.41) is 21.3. The standard InChI is InChI=1S/C15H20N2O4/c18-12-6-9-17(10-7-12)15(21)16-8-5-11-3-1-2-4-13(11)14(19)20/h1-4,12,18H,5-10H2,(H,16,21)(H,19,20). The van der Waals surface area contributed by atoms with Gasteiger partial charge in [-0.25, -0.2) is 9.59 Å². The summed E-state index contributed by atoms with van der Waals surface area (Å²) in [5.74, 6) is -0.957. The highest BCUT2D eigenvalue weighted by molar-refractivity contribution is 5.89. The number of benzene rings is 1. The van der Waals surface area contributed by atoms with Crippen molar-refractivity contribution in [2.75, 3.05) is 19.6 Å². The van der Waals surface area contributed by atoms with Crippen molar-refractivity contribution in [1.29, 1.82) is 0 Å². The molecule has 114 valence electrons. The predicted molar refractivity (Wildman–Crippen MR) is 77.3 cm³/mol. The quantitative estimate of drug-likeness (QED) is 0.775. The maximum absolute atomic E-state index is 11.9. The first-order chi connectivity index (χ1) is 10.1. The second kappa shape index (κ2) is 7.08. The molecular formula is C15H20N2O4. The third-order valence-corrected chi connectivity index (χ3v) is 3.67. The lowest BCUT2D eigenvalue weighted by Gasteiger charge is -2.29. The van der Waals surface area contributed by atoms with Crippen LogP contribution in [0.2, 0.25) is 0 Å². The number of urea groups is 1. The lowest BCUT2D eigenvalue weighted by Crippen LogP contribution is -2.45. The van der Waals surface area contributed by atoms with Crippen molar-refractivity contribution in [3.05, 3.63) is 35.4 Å². The first kappa shape index (κ1) is 15.3. The van der Waals surface area contributed by atoms with Gasteiger partial charge in [-0.3, -0.25) is 0 Å². The number of aliphatic hydroxyl groups is 1. The second-order valence-electron chi connectivity index (χ2n) is 5.16. The Balaban J connectivity index is 1.82. The zero-order valence-electron chi connectivity index (χ0n) is 11.8.